The molecule has 0 unspecified atom stereocenters. The molecule has 0 aliphatic heterocycles. The number of hydrogen-bond acceptors (Lipinski definition) is 5. The molecular formula is C21H23N5O3. The van der Waals surface area contributed by atoms with Gasteiger partial charge in [-0.25, -0.2) is 4.98 Å². The van der Waals surface area contributed by atoms with Crippen LogP contribution in [-0.2, 0) is 24.1 Å². The van der Waals surface area contributed by atoms with Gasteiger partial charge in [0.05, 0.1) is 18.5 Å². The van der Waals surface area contributed by atoms with Crippen molar-refractivity contribution in [2.24, 2.45) is 0 Å². The molecule has 0 atom stereocenters. The number of nitrogens with zero attached hydrogens (tertiary/aromatic N) is 3. The van der Waals surface area contributed by atoms with Gasteiger partial charge in [0.1, 0.15) is 11.6 Å². The van der Waals surface area contributed by atoms with Crippen molar-refractivity contribution >= 4 is 11.7 Å². The van der Waals surface area contributed by atoms with Crippen LogP contribution in [0.25, 0.3) is 5.95 Å². The summed E-state index contributed by atoms with van der Waals surface area (Å²) in [5, 5.41) is 7.28. The molecule has 2 heterocycles. The third-order valence-corrected chi connectivity index (χ3v) is 5.03. The van der Waals surface area contributed by atoms with Crippen molar-refractivity contribution in [3.05, 3.63) is 63.2 Å². The number of aromatic nitrogens is 4. The van der Waals surface area contributed by atoms with Crippen LogP contribution >= 0.6 is 0 Å². The first-order valence-electron chi connectivity index (χ1n) is 9.65. The summed E-state index contributed by atoms with van der Waals surface area (Å²) in [6.45, 7) is 1.83. The fraction of sp³-hybridized carbons (Fsp3) is 0.333. The molecule has 0 fully saturated rings. The normalized spacial score (nSPS) is 12.6. The average molecular weight is 393 g/mol. The number of nitrogens with one attached hydrogen (secondary N) is 2. The molecule has 0 saturated carbocycles. The summed E-state index contributed by atoms with van der Waals surface area (Å²) in [4.78, 5) is 32.2. The van der Waals surface area contributed by atoms with Gasteiger partial charge in [-0.05, 0) is 50.3 Å². The topological polar surface area (TPSA) is 102 Å². The number of methoxy groups -OCH3 is 1. The summed E-state index contributed by atoms with van der Waals surface area (Å²) in [7, 11) is 1.62. The lowest BCUT2D eigenvalue weighted by atomic mass is 10.1. The van der Waals surface area contributed by atoms with Gasteiger partial charge < -0.3 is 10.1 Å². The number of benzene rings is 1. The van der Waals surface area contributed by atoms with Crippen molar-refractivity contribution in [3.8, 4) is 11.7 Å². The molecule has 1 aliphatic rings. The number of aryl methyl sites for hydroxylation is 3. The second kappa shape index (κ2) is 7.90. The number of amides is 1. The number of carbonyl (C=O) groups is 1. The fourth-order valence-corrected chi connectivity index (χ4v) is 3.53. The minimum atomic E-state index is -0.134. The number of anilines is 1. The zero-order chi connectivity index (χ0) is 20.4. The Morgan fingerprint density at radius 3 is 2.83 bits per heavy atom. The number of H-pyrrole nitrogens is 1. The largest absolute Gasteiger partial charge is 0.497 e. The summed E-state index contributed by atoms with van der Waals surface area (Å²) in [6.07, 6.45) is 3.41. The van der Waals surface area contributed by atoms with E-state index in [1.807, 2.05) is 31.2 Å². The highest BCUT2D eigenvalue weighted by atomic mass is 16.5. The first-order valence-corrected chi connectivity index (χ1v) is 9.65. The van der Waals surface area contributed by atoms with Gasteiger partial charge in [-0.15, -0.1) is 0 Å². The standard InChI is InChI=1S/C21H23N5O3/c1-13-12-18(23-19(27)11-8-14-6-9-15(29-2)10-7-14)26(25-13)21-22-17-5-3-4-16(17)20(28)24-21/h6-7,9-10,12H,3-5,8,11H2,1-2H3,(H,23,27)(H,22,24,28). The van der Waals surface area contributed by atoms with E-state index in [1.54, 1.807) is 13.2 Å². The highest BCUT2D eigenvalue weighted by Gasteiger charge is 2.20. The predicted octanol–water partition coefficient (Wildman–Crippen LogP) is 2.33. The van der Waals surface area contributed by atoms with E-state index in [1.165, 1.54) is 4.68 Å². The number of carbonyl (C=O) groups excluding carboxylic acids is 1. The van der Waals surface area contributed by atoms with Crippen molar-refractivity contribution in [1.29, 1.82) is 0 Å². The second-order valence-corrected chi connectivity index (χ2v) is 7.15. The number of rotatable bonds is 6. The van der Waals surface area contributed by atoms with Gasteiger partial charge in [0.15, 0.2) is 0 Å². The van der Waals surface area contributed by atoms with Gasteiger partial charge in [0.2, 0.25) is 11.9 Å². The van der Waals surface area contributed by atoms with Gasteiger partial charge in [0, 0.05) is 18.1 Å². The number of hydrogen-bond donors (Lipinski definition) is 2. The van der Waals surface area contributed by atoms with Crippen LogP contribution in [0.1, 0.15) is 35.4 Å². The molecule has 0 bridgehead atoms. The van der Waals surface area contributed by atoms with Gasteiger partial charge in [-0.1, -0.05) is 12.1 Å². The minimum Gasteiger partial charge on any atom is -0.497 e. The summed E-state index contributed by atoms with van der Waals surface area (Å²) in [5.41, 5.74) is 3.21. The SMILES string of the molecule is COc1ccc(CCC(=O)Nc2cc(C)nn2-c2nc3c(c(=O)[nH]2)CCC3)cc1. The van der Waals surface area contributed by atoms with Gasteiger partial charge in [-0.3, -0.25) is 14.6 Å². The van der Waals surface area contributed by atoms with E-state index in [0.29, 0.717) is 24.6 Å². The maximum atomic E-state index is 12.5. The Morgan fingerprint density at radius 2 is 2.07 bits per heavy atom. The molecule has 4 rings (SSSR count). The van der Waals surface area contributed by atoms with Gasteiger partial charge >= 0.3 is 0 Å². The van der Waals surface area contributed by atoms with Gasteiger partial charge in [-0.2, -0.15) is 9.78 Å². The zero-order valence-electron chi connectivity index (χ0n) is 16.5. The quantitative estimate of drug-likeness (QED) is 0.669. The van der Waals surface area contributed by atoms with Gasteiger partial charge in [0.25, 0.3) is 5.56 Å². The third-order valence-electron chi connectivity index (χ3n) is 5.03. The lowest BCUT2D eigenvalue weighted by Gasteiger charge is -2.09. The molecule has 0 saturated heterocycles. The smallest absolute Gasteiger partial charge is 0.255 e. The van der Waals surface area contributed by atoms with Crippen molar-refractivity contribution in [2.75, 3.05) is 12.4 Å². The Labute approximate surface area is 167 Å². The highest BCUT2D eigenvalue weighted by Crippen LogP contribution is 2.19. The molecule has 8 heteroatoms. The Balaban J connectivity index is 1.49. The van der Waals surface area contributed by atoms with Crippen molar-refractivity contribution in [1.82, 2.24) is 19.7 Å². The molecular weight excluding hydrogens is 370 g/mol. The van der Waals surface area contributed by atoms with Crippen LogP contribution in [-0.4, -0.2) is 32.8 Å². The highest BCUT2D eigenvalue weighted by molar-refractivity contribution is 5.90. The van der Waals surface area contributed by atoms with Crippen LogP contribution in [0.5, 0.6) is 5.75 Å². The number of aromatic amines is 1. The van der Waals surface area contributed by atoms with Crippen molar-refractivity contribution in [2.45, 2.75) is 39.0 Å². The molecule has 1 aromatic carbocycles. The molecule has 2 N–H and O–H groups in total. The van der Waals surface area contributed by atoms with E-state index in [2.05, 4.69) is 20.4 Å². The summed E-state index contributed by atoms with van der Waals surface area (Å²) in [6, 6.07) is 9.40. The molecule has 3 aromatic rings. The molecule has 29 heavy (non-hydrogen) atoms. The Hall–Kier alpha value is -3.42. The average Bonchev–Trinajstić information content (AvgIpc) is 3.33. The van der Waals surface area contributed by atoms with Crippen LogP contribution in [0.2, 0.25) is 0 Å². The monoisotopic (exact) mass is 393 g/mol. The minimum absolute atomic E-state index is 0.132. The molecule has 2 aromatic heterocycles. The van der Waals surface area contributed by atoms with E-state index in [9.17, 15) is 9.59 Å². The Morgan fingerprint density at radius 1 is 1.28 bits per heavy atom. The third kappa shape index (κ3) is 4.06. The molecule has 8 nitrogen and oxygen atoms in total. The van der Waals surface area contributed by atoms with Crippen LogP contribution in [0.15, 0.2) is 35.1 Å². The maximum Gasteiger partial charge on any atom is 0.255 e. The first kappa shape index (κ1) is 18.9. The van der Waals surface area contributed by atoms with E-state index < -0.39 is 0 Å². The number of ether oxygens (including phenoxy) is 1. The zero-order valence-corrected chi connectivity index (χ0v) is 16.5. The lowest BCUT2D eigenvalue weighted by molar-refractivity contribution is -0.116. The lowest BCUT2D eigenvalue weighted by Crippen LogP contribution is -2.21. The summed E-state index contributed by atoms with van der Waals surface area (Å²) >= 11 is 0. The fourth-order valence-electron chi connectivity index (χ4n) is 3.53. The maximum absolute atomic E-state index is 12.5. The van der Waals surface area contributed by atoms with Crippen molar-refractivity contribution in [3.63, 3.8) is 0 Å². The summed E-state index contributed by atoms with van der Waals surface area (Å²) in [5.74, 6) is 1.47. The first-order chi connectivity index (χ1) is 14.0. The summed E-state index contributed by atoms with van der Waals surface area (Å²) < 4.78 is 6.63. The van der Waals surface area contributed by atoms with E-state index in [-0.39, 0.29) is 11.5 Å². The molecule has 1 aliphatic carbocycles. The van der Waals surface area contributed by atoms with Crippen LogP contribution in [0, 0.1) is 6.92 Å². The molecule has 0 radical (unpaired) electrons. The molecule has 1 amide bonds. The van der Waals surface area contributed by atoms with Crippen molar-refractivity contribution < 1.29 is 9.53 Å². The van der Waals surface area contributed by atoms with Crippen LogP contribution in [0.3, 0.4) is 0 Å². The van der Waals surface area contributed by atoms with E-state index >= 15 is 0 Å². The Bertz CT molecular complexity index is 1100. The van der Waals surface area contributed by atoms with Crippen LogP contribution < -0.4 is 15.6 Å². The predicted molar refractivity (Wildman–Crippen MR) is 109 cm³/mol. The van der Waals surface area contributed by atoms with Crippen LogP contribution in [0.4, 0.5) is 5.82 Å². The number of fused-ring (bicyclic) bond motifs is 1. The second-order valence-electron chi connectivity index (χ2n) is 7.15. The van der Waals surface area contributed by atoms with E-state index in [4.69, 9.17) is 4.74 Å². The van der Waals surface area contributed by atoms with E-state index in [0.717, 1.165) is 47.5 Å². The Kier molecular flexibility index (Phi) is 5.16. The molecule has 150 valence electrons. The molecule has 0 spiro atoms.